The zero-order chi connectivity index (χ0) is 21.7. The Labute approximate surface area is 175 Å². The molecular weight excluding hydrogens is 384 g/mol. The summed E-state index contributed by atoms with van der Waals surface area (Å²) < 4.78 is 1.32. The van der Waals surface area contributed by atoms with Crippen LogP contribution in [0.15, 0.2) is 22.5 Å². The van der Waals surface area contributed by atoms with Crippen LogP contribution in [0, 0.1) is 13.8 Å². The molecule has 3 N–H and O–H groups in total. The van der Waals surface area contributed by atoms with Gasteiger partial charge < -0.3 is 10.6 Å². The van der Waals surface area contributed by atoms with Crippen molar-refractivity contribution >= 4 is 17.6 Å². The second-order valence-electron chi connectivity index (χ2n) is 7.46. The van der Waals surface area contributed by atoms with Gasteiger partial charge in [-0.15, -0.1) is 0 Å². The predicted octanol–water partition coefficient (Wildman–Crippen LogP) is 2.08. The average Bonchev–Trinajstić information content (AvgIpc) is 3.08. The number of nitrogens with one attached hydrogen (secondary N) is 3. The Kier molecular flexibility index (Phi) is 6.81. The van der Waals surface area contributed by atoms with E-state index in [9.17, 15) is 14.4 Å². The number of nitrogens with zero attached hydrogens (tertiary/aromatic N) is 3. The first-order valence-corrected chi connectivity index (χ1v) is 10.3. The number of carbonyl (C=O) groups is 2. The number of H-pyrrole nitrogens is 1. The van der Waals surface area contributed by atoms with Crippen LogP contribution in [0.25, 0.3) is 5.95 Å². The Balaban J connectivity index is 1.68. The van der Waals surface area contributed by atoms with Crippen LogP contribution in [0.1, 0.15) is 56.0 Å². The summed E-state index contributed by atoms with van der Waals surface area (Å²) in [6, 6.07) is 1.61. The van der Waals surface area contributed by atoms with Crippen molar-refractivity contribution < 1.29 is 9.59 Å². The first-order valence-electron chi connectivity index (χ1n) is 10.3. The van der Waals surface area contributed by atoms with Crippen molar-refractivity contribution in [3.05, 3.63) is 45.0 Å². The quantitative estimate of drug-likeness (QED) is 0.495. The van der Waals surface area contributed by atoms with E-state index in [2.05, 4.69) is 31.8 Å². The number of aromatic amines is 1. The molecule has 0 aromatic carbocycles. The van der Waals surface area contributed by atoms with E-state index in [1.54, 1.807) is 19.9 Å². The monoisotopic (exact) mass is 412 g/mol. The highest BCUT2D eigenvalue weighted by Crippen LogP contribution is 2.19. The number of rotatable bonds is 6. The maximum Gasteiger partial charge on any atom is 0.314 e. The third-order valence-corrected chi connectivity index (χ3v) is 5.16. The van der Waals surface area contributed by atoms with Crippen molar-refractivity contribution in [2.45, 2.75) is 59.3 Å². The zero-order valence-electron chi connectivity index (χ0n) is 17.7. The van der Waals surface area contributed by atoms with Crippen molar-refractivity contribution in [2.75, 3.05) is 11.9 Å². The summed E-state index contributed by atoms with van der Waals surface area (Å²) in [7, 11) is 0. The number of carbonyl (C=O) groups excluding carboxylic acids is 2. The van der Waals surface area contributed by atoms with Gasteiger partial charge in [-0.2, -0.15) is 9.78 Å². The number of amides is 2. The molecule has 0 spiro atoms. The molecule has 2 aromatic heterocycles. The lowest BCUT2D eigenvalue weighted by atomic mass is 9.97. The van der Waals surface area contributed by atoms with Crippen LogP contribution in [-0.2, 0) is 16.0 Å². The molecule has 9 nitrogen and oxygen atoms in total. The van der Waals surface area contributed by atoms with Gasteiger partial charge >= 0.3 is 11.8 Å². The number of hydrogen-bond donors (Lipinski definition) is 3. The number of hydrogen-bond acceptors (Lipinski definition) is 5. The second kappa shape index (κ2) is 9.51. The zero-order valence-corrected chi connectivity index (χ0v) is 17.7. The summed E-state index contributed by atoms with van der Waals surface area (Å²) in [6.07, 6.45) is 8.07. The van der Waals surface area contributed by atoms with Crippen LogP contribution in [-0.4, -0.2) is 38.1 Å². The van der Waals surface area contributed by atoms with Crippen molar-refractivity contribution in [3.8, 4) is 5.95 Å². The third kappa shape index (κ3) is 5.03. The smallest absolute Gasteiger partial charge is 0.314 e. The number of allylic oxidation sites excluding steroid dienone is 1. The summed E-state index contributed by atoms with van der Waals surface area (Å²) in [4.78, 5) is 43.9. The van der Waals surface area contributed by atoms with Gasteiger partial charge in [-0.1, -0.05) is 18.6 Å². The molecule has 2 heterocycles. The molecule has 2 aromatic rings. The third-order valence-electron chi connectivity index (χ3n) is 5.16. The highest BCUT2D eigenvalue weighted by Gasteiger charge is 2.19. The molecule has 0 unspecified atom stereocenters. The fraction of sp³-hybridized carbons (Fsp3) is 0.476. The van der Waals surface area contributed by atoms with Crippen LogP contribution < -0.4 is 16.2 Å². The van der Waals surface area contributed by atoms with E-state index in [0.29, 0.717) is 29.9 Å². The van der Waals surface area contributed by atoms with E-state index in [4.69, 9.17) is 0 Å². The van der Waals surface area contributed by atoms with Gasteiger partial charge in [-0.05, 0) is 52.4 Å². The van der Waals surface area contributed by atoms with Crippen LogP contribution in [0.2, 0.25) is 0 Å². The van der Waals surface area contributed by atoms with Crippen LogP contribution in [0.4, 0.5) is 5.82 Å². The van der Waals surface area contributed by atoms with E-state index in [1.807, 2.05) is 6.92 Å². The van der Waals surface area contributed by atoms with Crippen molar-refractivity contribution in [3.63, 3.8) is 0 Å². The van der Waals surface area contributed by atoms with Gasteiger partial charge in [0.1, 0.15) is 5.82 Å². The molecule has 0 radical (unpaired) electrons. The molecule has 2 amide bonds. The maximum atomic E-state index is 12.4. The Bertz CT molecular complexity index is 1030. The lowest BCUT2D eigenvalue weighted by Gasteiger charge is -2.13. The lowest BCUT2D eigenvalue weighted by Crippen LogP contribution is -2.36. The molecule has 0 saturated heterocycles. The number of aromatic nitrogens is 4. The highest BCUT2D eigenvalue weighted by molar-refractivity contribution is 6.39. The Morgan fingerprint density at radius 3 is 2.70 bits per heavy atom. The van der Waals surface area contributed by atoms with Gasteiger partial charge in [0.25, 0.3) is 5.56 Å². The van der Waals surface area contributed by atoms with E-state index in [1.165, 1.54) is 23.1 Å². The lowest BCUT2D eigenvalue weighted by molar-refractivity contribution is -0.136. The van der Waals surface area contributed by atoms with Crippen LogP contribution in [0.3, 0.4) is 0 Å². The average molecular weight is 412 g/mol. The van der Waals surface area contributed by atoms with Crippen LogP contribution >= 0.6 is 0 Å². The molecule has 1 aliphatic carbocycles. The minimum absolute atomic E-state index is 0.183. The van der Waals surface area contributed by atoms with Gasteiger partial charge in [-0.3, -0.25) is 19.4 Å². The number of aryl methyl sites for hydroxylation is 2. The Hall–Kier alpha value is -3.23. The van der Waals surface area contributed by atoms with Gasteiger partial charge in [-0.25, -0.2) is 4.98 Å². The molecule has 3 rings (SSSR count). The van der Waals surface area contributed by atoms with Gasteiger partial charge in [0.2, 0.25) is 5.95 Å². The standard InChI is InChI=1S/C21H28N6O3/c1-4-16-14(3)23-21(25-18(16)28)27-17(12-13(2)26-27)24-20(30)19(29)22-11-10-15-8-6-5-7-9-15/h8,12H,4-7,9-11H2,1-3H3,(H,22,29)(H,24,30)(H,23,25,28). The highest BCUT2D eigenvalue weighted by atomic mass is 16.2. The normalized spacial score (nSPS) is 13.6. The molecule has 1 aliphatic rings. The van der Waals surface area contributed by atoms with Crippen LogP contribution in [0.5, 0.6) is 0 Å². The fourth-order valence-corrected chi connectivity index (χ4v) is 3.58. The minimum atomic E-state index is -0.793. The predicted molar refractivity (Wildman–Crippen MR) is 114 cm³/mol. The first-order chi connectivity index (χ1) is 14.4. The summed E-state index contributed by atoms with van der Waals surface area (Å²) in [6.45, 7) is 5.80. The summed E-state index contributed by atoms with van der Waals surface area (Å²) in [5.74, 6) is -1.06. The SMILES string of the molecule is CCc1c(C)nc(-n2nc(C)cc2NC(=O)C(=O)NCCC2=CCCCC2)[nH]c1=O. The minimum Gasteiger partial charge on any atom is -0.348 e. The molecular formula is C21H28N6O3. The molecule has 160 valence electrons. The van der Waals surface area contributed by atoms with Gasteiger partial charge in [0, 0.05) is 23.9 Å². The maximum absolute atomic E-state index is 12.4. The topological polar surface area (TPSA) is 122 Å². The number of anilines is 1. The summed E-state index contributed by atoms with van der Waals surface area (Å²) in [5.41, 5.74) is 2.88. The summed E-state index contributed by atoms with van der Waals surface area (Å²) >= 11 is 0. The fourth-order valence-electron chi connectivity index (χ4n) is 3.58. The molecule has 0 saturated carbocycles. The molecule has 30 heavy (non-hydrogen) atoms. The van der Waals surface area contributed by atoms with E-state index in [-0.39, 0.29) is 17.3 Å². The molecule has 9 heteroatoms. The van der Waals surface area contributed by atoms with Crippen molar-refractivity contribution in [2.24, 2.45) is 0 Å². The second-order valence-corrected chi connectivity index (χ2v) is 7.46. The van der Waals surface area contributed by atoms with E-state index in [0.717, 1.165) is 19.3 Å². The molecule has 0 aliphatic heterocycles. The Morgan fingerprint density at radius 1 is 1.23 bits per heavy atom. The van der Waals surface area contributed by atoms with Crippen molar-refractivity contribution in [1.82, 2.24) is 25.1 Å². The molecule has 0 bridgehead atoms. The largest absolute Gasteiger partial charge is 0.348 e. The van der Waals surface area contributed by atoms with Crippen molar-refractivity contribution in [1.29, 1.82) is 0 Å². The van der Waals surface area contributed by atoms with Gasteiger partial charge in [0.05, 0.1) is 5.69 Å². The molecule has 0 fully saturated rings. The summed E-state index contributed by atoms with van der Waals surface area (Å²) in [5, 5.41) is 9.50. The van der Waals surface area contributed by atoms with E-state index >= 15 is 0 Å². The van der Waals surface area contributed by atoms with Gasteiger partial charge in [0.15, 0.2) is 0 Å². The molecule has 0 atom stereocenters. The first kappa shape index (κ1) is 21.5. The van der Waals surface area contributed by atoms with E-state index < -0.39 is 11.8 Å². The Morgan fingerprint density at radius 2 is 2.03 bits per heavy atom.